The van der Waals surface area contributed by atoms with Crippen LogP contribution in [0.1, 0.15) is 18.4 Å². The van der Waals surface area contributed by atoms with Gasteiger partial charge in [0.25, 0.3) is 0 Å². The second kappa shape index (κ2) is 6.10. The van der Waals surface area contributed by atoms with E-state index in [2.05, 4.69) is 22.0 Å². The lowest BCUT2D eigenvalue weighted by Gasteiger charge is -2.25. The summed E-state index contributed by atoms with van der Waals surface area (Å²) in [5, 5.41) is 8.90. The first-order valence-electron chi connectivity index (χ1n) is 6.10. The van der Waals surface area contributed by atoms with Crippen LogP contribution >= 0.6 is 15.9 Å². The first-order chi connectivity index (χ1) is 9.08. The molecule has 5 heteroatoms. The topological polar surface area (TPSA) is 49.8 Å². The summed E-state index contributed by atoms with van der Waals surface area (Å²) in [6.07, 6.45) is 2.87. The first kappa shape index (κ1) is 13.9. The minimum Gasteiger partial charge on any atom is -0.497 e. The minimum absolute atomic E-state index is 0.576. The van der Waals surface area contributed by atoms with Crippen molar-refractivity contribution < 1.29 is 14.6 Å². The summed E-state index contributed by atoms with van der Waals surface area (Å²) >= 11 is 3.45. The van der Waals surface area contributed by atoms with Crippen LogP contribution in [0.2, 0.25) is 0 Å². The van der Waals surface area contributed by atoms with Crippen molar-refractivity contribution in [2.45, 2.75) is 12.8 Å². The summed E-state index contributed by atoms with van der Waals surface area (Å²) in [4.78, 5) is 12.3. The molecule has 102 valence electrons. The molecule has 2 rings (SSSR count). The van der Waals surface area contributed by atoms with Crippen LogP contribution in [0.15, 0.2) is 28.2 Å². The highest BCUT2D eigenvalue weighted by Crippen LogP contribution is 2.25. The molecule has 1 aromatic rings. The quantitative estimate of drug-likeness (QED) is 0.903. The number of nitrogens with zero attached hydrogens (tertiary/aromatic N) is 1. The molecule has 0 radical (unpaired) electrons. The van der Waals surface area contributed by atoms with Crippen molar-refractivity contribution in [2.75, 3.05) is 20.2 Å². The number of amides is 1. The van der Waals surface area contributed by atoms with E-state index in [9.17, 15) is 4.79 Å². The number of ether oxygens (including phenoxy) is 1. The molecule has 1 N–H and O–H groups in total. The number of carboxylic acid groups (broad SMARTS) is 1. The van der Waals surface area contributed by atoms with E-state index in [1.54, 1.807) is 7.11 Å². The van der Waals surface area contributed by atoms with Gasteiger partial charge in [0.15, 0.2) is 0 Å². The number of rotatable bonds is 2. The number of hydrogen-bond donors (Lipinski definition) is 1. The Kier molecular flexibility index (Phi) is 4.47. The second-order valence-corrected chi connectivity index (χ2v) is 5.41. The van der Waals surface area contributed by atoms with E-state index < -0.39 is 6.09 Å². The van der Waals surface area contributed by atoms with Crippen LogP contribution in [0.3, 0.4) is 0 Å². The van der Waals surface area contributed by atoms with Crippen LogP contribution in [0, 0.1) is 0 Å². The SMILES string of the molecule is COc1cc(Br)cc(C=C2CCN(C(=O)O)CC2)c1. The lowest BCUT2D eigenvalue weighted by atomic mass is 10.0. The molecule has 1 aliphatic heterocycles. The molecule has 0 spiro atoms. The standard InChI is InChI=1S/C14H16BrNO3/c1-19-13-8-11(7-12(15)9-13)6-10-2-4-16(5-3-10)14(17)18/h6-9H,2-5H2,1H3,(H,17,18). The molecule has 0 unspecified atom stereocenters. The fourth-order valence-electron chi connectivity index (χ4n) is 2.15. The molecule has 1 heterocycles. The minimum atomic E-state index is -0.830. The molecule has 0 aliphatic carbocycles. The molecule has 4 nitrogen and oxygen atoms in total. The fraction of sp³-hybridized carbons (Fsp3) is 0.357. The summed E-state index contributed by atoms with van der Waals surface area (Å²) in [6.45, 7) is 1.15. The summed E-state index contributed by atoms with van der Waals surface area (Å²) in [5.41, 5.74) is 2.35. The number of hydrogen-bond acceptors (Lipinski definition) is 2. The van der Waals surface area contributed by atoms with Gasteiger partial charge in [0.05, 0.1) is 7.11 Å². The Labute approximate surface area is 120 Å². The van der Waals surface area contributed by atoms with Crippen LogP contribution in [0.4, 0.5) is 4.79 Å². The number of likely N-dealkylation sites (tertiary alicyclic amines) is 1. The van der Waals surface area contributed by atoms with Crippen molar-refractivity contribution >= 4 is 28.1 Å². The smallest absolute Gasteiger partial charge is 0.407 e. The normalized spacial score (nSPS) is 15.3. The molecule has 0 atom stereocenters. The molecule has 19 heavy (non-hydrogen) atoms. The van der Waals surface area contributed by atoms with Gasteiger partial charge in [-0.05, 0) is 36.6 Å². The van der Waals surface area contributed by atoms with Gasteiger partial charge in [0.2, 0.25) is 0 Å². The van der Waals surface area contributed by atoms with Gasteiger partial charge in [-0.3, -0.25) is 0 Å². The molecule has 1 aromatic carbocycles. The largest absolute Gasteiger partial charge is 0.497 e. The van der Waals surface area contributed by atoms with Gasteiger partial charge in [0, 0.05) is 17.6 Å². The summed E-state index contributed by atoms with van der Waals surface area (Å²) in [7, 11) is 1.64. The monoisotopic (exact) mass is 325 g/mol. The number of halogens is 1. The van der Waals surface area contributed by atoms with Gasteiger partial charge < -0.3 is 14.7 Å². The van der Waals surface area contributed by atoms with Gasteiger partial charge in [0.1, 0.15) is 5.75 Å². The number of benzene rings is 1. The second-order valence-electron chi connectivity index (χ2n) is 4.50. The number of methoxy groups -OCH3 is 1. The maximum absolute atomic E-state index is 10.8. The molecule has 0 bridgehead atoms. The summed E-state index contributed by atoms with van der Waals surface area (Å²) in [5.74, 6) is 0.809. The molecule has 1 amide bonds. The number of carbonyl (C=O) groups is 1. The van der Waals surface area contributed by atoms with Crippen molar-refractivity contribution in [2.24, 2.45) is 0 Å². The van der Waals surface area contributed by atoms with Gasteiger partial charge in [-0.2, -0.15) is 0 Å². The average Bonchev–Trinajstić information content (AvgIpc) is 2.38. The van der Waals surface area contributed by atoms with Crippen LogP contribution < -0.4 is 4.74 Å². The van der Waals surface area contributed by atoms with Crippen molar-refractivity contribution in [1.82, 2.24) is 4.90 Å². The molecule has 1 aliphatic rings. The molecule has 1 fully saturated rings. The van der Waals surface area contributed by atoms with Crippen LogP contribution in [-0.4, -0.2) is 36.3 Å². The Morgan fingerprint density at radius 2 is 2.05 bits per heavy atom. The van der Waals surface area contributed by atoms with Gasteiger partial charge in [-0.15, -0.1) is 0 Å². The first-order valence-corrected chi connectivity index (χ1v) is 6.89. The van der Waals surface area contributed by atoms with E-state index in [1.165, 1.54) is 10.5 Å². The van der Waals surface area contributed by atoms with Crippen molar-refractivity contribution in [3.63, 3.8) is 0 Å². The lowest BCUT2D eigenvalue weighted by Crippen LogP contribution is -2.35. The Bertz CT molecular complexity index is 503. The third-order valence-corrected chi connectivity index (χ3v) is 3.63. The van der Waals surface area contributed by atoms with Gasteiger partial charge in [-0.25, -0.2) is 4.79 Å². The van der Waals surface area contributed by atoms with E-state index in [0.29, 0.717) is 13.1 Å². The molecule has 1 saturated heterocycles. The van der Waals surface area contributed by atoms with E-state index in [1.807, 2.05) is 18.2 Å². The van der Waals surface area contributed by atoms with Crippen molar-refractivity contribution in [1.29, 1.82) is 0 Å². The maximum atomic E-state index is 10.8. The average molecular weight is 326 g/mol. The van der Waals surface area contributed by atoms with E-state index >= 15 is 0 Å². The molecule has 0 aromatic heterocycles. The van der Waals surface area contributed by atoms with Crippen LogP contribution in [0.5, 0.6) is 5.75 Å². The Morgan fingerprint density at radius 1 is 1.37 bits per heavy atom. The third-order valence-electron chi connectivity index (χ3n) is 3.18. The Morgan fingerprint density at radius 3 is 2.63 bits per heavy atom. The summed E-state index contributed by atoms with van der Waals surface area (Å²) < 4.78 is 6.20. The molecular formula is C14H16BrNO3. The highest BCUT2D eigenvalue weighted by Gasteiger charge is 2.17. The highest BCUT2D eigenvalue weighted by molar-refractivity contribution is 9.10. The fourth-order valence-corrected chi connectivity index (χ4v) is 2.64. The predicted molar refractivity (Wildman–Crippen MR) is 77.5 cm³/mol. The van der Waals surface area contributed by atoms with Crippen LogP contribution in [-0.2, 0) is 0 Å². The Hall–Kier alpha value is -1.49. The van der Waals surface area contributed by atoms with E-state index in [0.717, 1.165) is 28.6 Å². The van der Waals surface area contributed by atoms with E-state index in [-0.39, 0.29) is 0 Å². The van der Waals surface area contributed by atoms with Gasteiger partial charge >= 0.3 is 6.09 Å². The zero-order chi connectivity index (χ0) is 13.8. The maximum Gasteiger partial charge on any atom is 0.407 e. The van der Waals surface area contributed by atoms with Crippen molar-refractivity contribution in [3.05, 3.63) is 33.8 Å². The van der Waals surface area contributed by atoms with E-state index in [4.69, 9.17) is 9.84 Å². The molecular weight excluding hydrogens is 310 g/mol. The lowest BCUT2D eigenvalue weighted by molar-refractivity contribution is 0.142. The van der Waals surface area contributed by atoms with Gasteiger partial charge in [-0.1, -0.05) is 27.6 Å². The summed E-state index contributed by atoms with van der Waals surface area (Å²) in [6, 6.07) is 5.91. The third kappa shape index (κ3) is 3.73. The number of piperidine rings is 1. The zero-order valence-corrected chi connectivity index (χ0v) is 12.3. The Balaban J connectivity index is 2.10. The molecule has 0 saturated carbocycles. The van der Waals surface area contributed by atoms with Crippen LogP contribution in [0.25, 0.3) is 6.08 Å². The highest BCUT2D eigenvalue weighted by atomic mass is 79.9. The zero-order valence-electron chi connectivity index (χ0n) is 10.7. The predicted octanol–water partition coefficient (Wildman–Crippen LogP) is 3.61. The van der Waals surface area contributed by atoms with Crippen molar-refractivity contribution in [3.8, 4) is 5.75 Å².